The molecule has 0 bridgehead atoms. The Bertz CT molecular complexity index is 1180. The van der Waals surface area contributed by atoms with Crippen LogP contribution in [0.5, 0.6) is 0 Å². The van der Waals surface area contributed by atoms with Crippen molar-refractivity contribution in [1.82, 2.24) is 0 Å². The number of carboxylic acid groups (broad SMARTS) is 1. The molecule has 0 aliphatic carbocycles. The maximum absolute atomic E-state index is 12.7. The molecule has 0 aromatic heterocycles. The van der Waals surface area contributed by atoms with E-state index < -0.39 is 51.1 Å². The van der Waals surface area contributed by atoms with Gasteiger partial charge in [-0.2, -0.15) is 0 Å². The van der Waals surface area contributed by atoms with E-state index in [2.05, 4.69) is 42.7 Å². The number of esters is 2. The topological polar surface area (TPSA) is 172 Å². The van der Waals surface area contributed by atoms with Crippen LogP contribution in [0, 0.1) is 0 Å². The molecule has 0 radical (unpaired) electrons. The Morgan fingerprint density at radius 3 is 1.19 bits per heavy atom. The monoisotopic (exact) mass is 928 g/mol. The lowest BCUT2D eigenvalue weighted by molar-refractivity contribution is -0.161. The van der Waals surface area contributed by atoms with Crippen LogP contribution >= 0.6 is 7.82 Å². The standard InChI is InChI=1S/C52H98NO10P/c1-3-5-7-9-11-13-15-17-19-21-22-23-24-25-26-28-30-32-34-36-38-40-42-44-51(55)63-48(46-61-64(58,59)62-47-49(53)52(56)57)45-60-50(54)43-41-39-37-35-33-31-29-27-20-18-16-14-12-10-8-6-4-2/h18,20,36,38,48-49H,3-17,19,21-35,37,39-47,53H2,1-2H3,(H,56,57)(H,58,59)/b20-18+,38-36+/t48-,49-/m0/s1. The van der Waals surface area contributed by atoms with E-state index in [9.17, 15) is 23.8 Å². The number of hydrogen-bond donors (Lipinski definition) is 3. The number of carbonyl (C=O) groups is 3. The van der Waals surface area contributed by atoms with Crippen LogP contribution in [0.1, 0.15) is 258 Å². The van der Waals surface area contributed by atoms with Gasteiger partial charge in [-0.05, 0) is 57.8 Å². The number of phosphoric ester groups is 1. The zero-order chi connectivity index (χ0) is 47.0. The summed E-state index contributed by atoms with van der Waals surface area (Å²) in [5, 5.41) is 8.92. The highest BCUT2D eigenvalue weighted by molar-refractivity contribution is 7.47. The van der Waals surface area contributed by atoms with Gasteiger partial charge in [-0.1, -0.05) is 212 Å². The molecule has 0 aliphatic rings. The zero-order valence-corrected chi connectivity index (χ0v) is 42.0. The molecule has 0 aromatic rings. The predicted molar refractivity (Wildman–Crippen MR) is 263 cm³/mol. The normalized spacial score (nSPS) is 13.7. The maximum Gasteiger partial charge on any atom is 0.472 e. The number of aliphatic carboxylic acids is 1. The molecule has 0 rings (SSSR count). The molecule has 3 atom stereocenters. The summed E-state index contributed by atoms with van der Waals surface area (Å²) in [6, 6.07) is -1.52. The Morgan fingerprint density at radius 1 is 0.469 bits per heavy atom. The second-order valence-corrected chi connectivity index (χ2v) is 19.5. The van der Waals surface area contributed by atoms with Crippen molar-refractivity contribution in [1.29, 1.82) is 0 Å². The predicted octanol–water partition coefficient (Wildman–Crippen LogP) is 15.0. The molecule has 12 heteroatoms. The van der Waals surface area contributed by atoms with E-state index in [-0.39, 0.29) is 19.4 Å². The van der Waals surface area contributed by atoms with Gasteiger partial charge in [0.2, 0.25) is 0 Å². The van der Waals surface area contributed by atoms with E-state index in [0.29, 0.717) is 19.3 Å². The van der Waals surface area contributed by atoms with Gasteiger partial charge >= 0.3 is 25.7 Å². The molecule has 0 aromatic carbocycles. The van der Waals surface area contributed by atoms with Crippen LogP contribution in [-0.2, 0) is 37.5 Å². The summed E-state index contributed by atoms with van der Waals surface area (Å²) in [5.74, 6) is -2.41. The van der Waals surface area contributed by atoms with Crippen molar-refractivity contribution in [2.45, 2.75) is 270 Å². The molecule has 0 aliphatic heterocycles. The SMILES string of the molecule is CCCCCCCC/C=C/CCCCCCCCCC(=O)OC[C@@H](COP(=O)(O)OC[C@H](N)C(=O)O)OC(=O)CCC/C=C/CCCCCCCCCCCCCCCCCCCC. The van der Waals surface area contributed by atoms with Gasteiger partial charge in [0.25, 0.3) is 0 Å². The Balaban J connectivity index is 4.23. The summed E-state index contributed by atoms with van der Waals surface area (Å²) in [6.45, 7) is 2.82. The minimum Gasteiger partial charge on any atom is -0.480 e. The number of hydrogen-bond acceptors (Lipinski definition) is 9. The summed E-state index contributed by atoms with van der Waals surface area (Å²) in [7, 11) is -4.73. The minimum atomic E-state index is -4.73. The van der Waals surface area contributed by atoms with Crippen LogP contribution < -0.4 is 5.73 Å². The number of carbonyl (C=O) groups excluding carboxylic acids is 2. The third-order valence-electron chi connectivity index (χ3n) is 11.7. The van der Waals surface area contributed by atoms with Crippen LogP contribution in [-0.4, -0.2) is 59.9 Å². The molecule has 0 spiro atoms. The van der Waals surface area contributed by atoms with Crippen molar-refractivity contribution in [2.75, 3.05) is 19.8 Å². The third kappa shape index (κ3) is 46.5. The number of ether oxygens (including phenoxy) is 2. The first-order valence-electron chi connectivity index (χ1n) is 26.4. The van der Waals surface area contributed by atoms with Crippen molar-refractivity contribution in [2.24, 2.45) is 5.73 Å². The fourth-order valence-electron chi connectivity index (χ4n) is 7.54. The summed E-state index contributed by atoms with van der Waals surface area (Å²) in [4.78, 5) is 46.2. The molecule has 4 N–H and O–H groups in total. The second-order valence-electron chi connectivity index (χ2n) is 18.0. The summed E-state index contributed by atoms with van der Waals surface area (Å²) >= 11 is 0. The van der Waals surface area contributed by atoms with Crippen LogP contribution in [0.2, 0.25) is 0 Å². The lowest BCUT2D eigenvalue weighted by Gasteiger charge is -2.20. The van der Waals surface area contributed by atoms with E-state index >= 15 is 0 Å². The molecule has 0 saturated heterocycles. The maximum atomic E-state index is 12.7. The third-order valence-corrected chi connectivity index (χ3v) is 12.6. The van der Waals surface area contributed by atoms with E-state index in [1.807, 2.05) is 0 Å². The van der Waals surface area contributed by atoms with Gasteiger partial charge in [-0.25, -0.2) is 4.57 Å². The Hall–Kier alpha value is -2.04. The van der Waals surface area contributed by atoms with Crippen molar-refractivity contribution in [3.05, 3.63) is 24.3 Å². The first-order chi connectivity index (χ1) is 31.1. The van der Waals surface area contributed by atoms with Crippen LogP contribution in [0.15, 0.2) is 24.3 Å². The number of nitrogens with two attached hydrogens (primary N) is 1. The molecule has 0 saturated carbocycles. The molecule has 376 valence electrons. The van der Waals surface area contributed by atoms with Crippen molar-refractivity contribution >= 4 is 25.7 Å². The quantitative estimate of drug-likeness (QED) is 0.0229. The summed E-state index contributed by atoms with van der Waals surface area (Å²) in [5.41, 5.74) is 5.35. The van der Waals surface area contributed by atoms with E-state index in [4.69, 9.17) is 24.8 Å². The Kier molecular flexibility index (Phi) is 45.9. The molecular formula is C52H98NO10P. The van der Waals surface area contributed by atoms with Gasteiger partial charge in [0, 0.05) is 12.8 Å². The smallest absolute Gasteiger partial charge is 0.472 e. The first-order valence-corrected chi connectivity index (χ1v) is 27.9. The van der Waals surface area contributed by atoms with Gasteiger partial charge in [-0.3, -0.25) is 23.4 Å². The molecule has 11 nitrogen and oxygen atoms in total. The molecule has 0 amide bonds. The van der Waals surface area contributed by atoms with Crippen LogP contribution in [0.25, 0.3) is 0 Å². The number of carboxylic acids is 1. The largest absolute Gasteiger partial charge is 0.480 e. The minimum absolute atomic E-state index is 0.116. The molecule has 0 fully saturated rings. The average Bonchev–Trinajstić information content (AvgIpc) is 3.27. The van der Waals surface area contributed by atoms with Gasteiger partial charge in [-0.15, -0.1) is 0 Å². The fourth-order valence-corrected chi connectivity index (χ4v) is 8.32. The van der Waals surface area contributed by atoms with E-state index in [1.54, 1.807) is 0 Å². The van der Waals surface area contributed by atoms with Gasteiger partial charge < -0.3 is 25.2 Å². The summed E-state index contributed by atoms with van der Waals surface area (Å²) in [6.07, 6.45) is 52.6. The van der Waals surface area contributed by atoms with E-state index in [0.717, 1.165) is 38.5 Å². The number of allylic oxidation sites excluding steroid dienone is 4. The van der Waals surface area contributed by atoms with Crippen LogP contribution in [0.3, 0.4) is 0 Å². The molecule has 64 heavy (non-hydrogen) atoms. The summed E-state index contributed by atoms with van der Waals surface area (Å²) < 4.78 is 32.8. The lowest BCUT2D eigenvalue weighted by Crippen LogP contribution is -2.34. The molecular weight excluding hydrogens is 830 g/mol. The highest BCUT2D eigenvalue weighted by Gasteiger charge is 2.28. The van der Waals surface area contributed by atoms with Crippen molar-refractivity contribution in [3.63, 3.8) is 0 Å². The lowest BCUT2D eigenvalue weighted by atomic mass is 10.0. The van der Waals surface area contributed by atoms with Crippen LogP contribution in [0.4, 0.5) is 0 Å². The van der Waals surface area contributed by atoms with Gasteiger partial charge in [0.15, 0.2) is 6.10 Å². The fraction of sp³-hybridized carbons (Fsp3) is 0.865. The second kappa shape index (κ2) is 47.5. The van der Waals surface area contributed by atoms with Gasteiger partial charge in [0.05, 0.1) is 13.2 Å². The first kappa shape index (κ1) is 62.0. The molecule has 1 unspecified atom stereocenters. The van der Waals surface area contributed by atoms with Gasteiger partial charge in [0.1, 0.15) is 12.6 Å². The zero-order valence-electron chi connectivity index (χ0n) is 41.1. The van der Waals surface area contributed by atoms with Crippen molar-refractivity contribution < 1.29 is 47.5 Å². The number of phosphoric acid groups is 1. The Labute approximate surface area is 391 Å². The molecule has 0 heterocycles. The van der Waals surface area contributed by atoms with E-state index in [1.165, 1.54) is 173 Å². The number of rotatable bonds is 50. The highest BCUT2D eigenvalue weighted by atomic mass is 31.2. The Morgan fingerprint density at radius 2 is 0.797 bits per heavy atom. The van der Waals surface area contributed by atoms with Crippen molar-refractivity contribution in [3.8, 4) is 0 Å². The average molecular weight is 928 g/mol. The number of unbranched alkanes of at least 4 members (excludes halogenated alkanes) is 32. The highest BCUT2D eigenvalue weighted by Crippen LogP contribution is 2.43.